The monoisotopic (exact) mass is 411 g/mol. The van der Waals surface area contributed by atoms with Gasteiger partial charge in [0, 0.05) is 17.7 Å². The van der Waals surface area contributed by atoms with Crippen molar-refractivity contribution in [2.24, 2.45) is 5.92 Å². The van der Waals surface area contributed by atoms with Crippen molar-refractivity contribution in [2.75, 3.05) is 5.32 Å². The van der Waals surface area contributed by atoms with Crippen molar-refractivity contribution < 1.29 is 31.5 Å². The number of halogens is 5. The summed E-state index contributed by atoms with van der Waals surface area (Å²) in [7, 11) is 0. The van der Waals surface area contributed by atoms with Crippen LogP contribution in [-0.2, 0) is 4.79 Å². The molecule has 0 spiro atoms. The Kier molecular flexibility index (Phi) is 4.64. The van der Waals surface area contributed by atoms with Crippen LogP contribution in [0.3, 0.4) is 0 Å². The molecule has 1 aromatic carbocycles. The van der Waals surface area contributed by atoms with E-state index in [1.807, 2.05) is 0 Å². The molecular weight excluding hydrogens is 397 g/mol. The average molecular weight is 411 g/mol. The SMILES string of the molecule is O=C(Nc1nc2ccc(F)cn2c1-c1ccc(OC(F)(F)F)c(F)c1)C1CCC1. The highest BCUT2D eigenvalue weighted by Gasteiger charge is 2.33. The van der Waals surface area contributed by atoms with Crippen LogP contribution in [0, 0.1) is 17.6 Å². The van der Waals surface area contributed by atoms with Crippen LogP contribution < -0.4 is 10.1 Å². The van der Waals surface area contributed by atoms with E-state index < -0.39 is 23.7 Å². The second-order valence-electron chi connectivity index (χ2n) is 6.69. The van der Waals surface area contributed by atoms with Crippen LogP contribution in [0.4, 0.5) is 27.8 Å². The van der Waals surface area contributed by atoms with Gasteiger partial charge in [0.15, 0.2) is 17.4 Å². The number of fused-ring (bicyclic) bond motifs is 1. The number of carbonyl (C=O) groups is 1. The molecule has 0 bridgehead atoms. The van der Waals surface area contributed by atoms with Crippen molar-refractivity contribution in [3.63, 3.8) is 0 Å². The summed E-state index contributed by atoms with van der Waals surface area (Å²) in [6.07, 6.45) is -1.54. The van der Waals surface area contributed by atoms with Crippen molar-refractivity contribution in [3.05, 3.63) is 48.2 Å². The topological polar surface area (TPSA) is 55.6 Å². The van der Waals surface area contributed by atoms with Crippen molar-refractivity contribution in [1.29, 1.82) is 0 Å². The zero-order valence-corrected chi connectivity index (χ0v) is 14.8. The number of pyridine rings is 1. The van der Waals surface area contributed by atoms with Crippen LogP contribution in [-0.4, -0.2) is 21.7 Å². The van der Waals surface area contributed by atoms with Gasteiger partial charge in [0.05, 0.1) is 5.69 Å². The molecule has 0 unspecified atom stereocenters. The van der Waals surface area contributed by atoms with Crippen LogP contribution in [0.1, 0.15) is 19.3 Å². The van der Waals surface area contributed by atoms with Gasteiger partial charge in [-0.25, -0.2) is 13.8 Å². The molecule has 10 heteroatoms. The van der Waals surface area contributed by atoms with Crippen molar-refractivity contribution in [2.45, 2.75) is 25.6 Å². The number of rotatable bonds is 4. The maximum absolute atomic E-state index is 14.2. The Bertz CT molecular complexity index is 1090. The maximum Gasteiger partial charge on any atom is 0.573 e. The van der Waals surface area contributed by atoms with Gasteiger partial charge >= 0.3 is 6.36 Å². The van der Waals surface area contributed by atoms with Crippen LogP contribution in [0.15, 0.2) is 36.5 Å². The second-order valence-corrected chi connectivity index (χ2v) is 6.69. The van der Waals surface area contributed by atoms with E-state index in [1.165, 1.54) is 22.6 Å². The summed E-state index contributed by atoms with van der Waals surface area (Å²) in [5.74, 6) is -3.23. The standard InChI is InChI=1S/C19H14F5N3O2/c20-12-5-7-15-25-17(26-18(28)10-2-1-3-10)16(27(15)9-12)11-4-6-14(13(21)8-11)29-19(22,23)24/h4-10H,1-3H2,(H,26,28). The highest BCUT2D eigenvalue weighted by atomic mass is 19.4. The Morgan fingerprint density at radius 2 is 1.93 bits per heavy atom. The van der Waals surface area contributed by atoms with Crippen LogP contribution >= 0.6 is 0 Å². The molecule has 152 valence electrons. The number of ether oxygens (including phenoxy) is 1. The summed E-state index contributed by atoms with van der Waals surface area (Å²) in [4.78, 5) is 16.6. The summed E-state index contributed by atoms with van der Waals surface area (Å²) in [6.45, 7) is 0. The molecule has 1 amide bonds. The van der Waals surface area contributed by atoms with E-state index in [4.69, 9.17) is 0 Å². The molecule has 0 saturated heterocycles. The minimum atomic E-state index is -5.04. The molecule has 29 heavy (non-hydrogen) atoms. The fourth-order valence-corrected chi connectivity index (χ4v) is 3.13. The minimum absolute atomic E-state index is 0.0661. The van der Waals surface area contributed by atoms with Crippen LogP contribution in [0.25, 0.3) is 16.9 Å². The molecule has 0 radical (unpaired) electrons. The van der Waals surface area contributed by atoms with E-state index in [-0.39, 0.29) is 34.5 Å². The number of aromatic nitrogens is 2. The molecule has 0 atom stereocenters. The van der Waals surface area contributed by atoms with Gasteiger partial charge in [-0.2, -0.15) is 0 Å². The minimum Gasteiger partial charge on any atom is -0.403 e. The number of amides is 1. The lowest BCUT2D eigenvalue weighted by molar-refractivity contribution is -0.275. The Morgan fingerprint density at radius 1 is 1.17 bits per heavy atom. The molecule has 2 heterocycles. The Hall–Kier alpha value is -3.17. The second kappa shape index (κ2) is 7.02. The van der Waals surface area contributed by atoms with E-state index in [0.717, 1.165) is 37.6 Å². The van der Waals surface area contributed by atoms with E-state index in [0.29, 0.717) is 0 Å². The summed E-state index contributed by atoms with van der Waals surface area (Å²) in [5, 5.41) is 2.67. The third kappa shape index (κ3) is 3.87. The lowest BCUT2D eigenvalue weighted by Crippen LogP contribution is -2.28. The predicted molar refractivity (Wildman–Crippen MR) is 93.2 cm³/mol. The van der Waals surface area contributed by atoms with Gasteiger partial charge < -0.3 is 10.1 Å². The molecule has 1 aliphatic rings. The van der Waals surface area contributed by atoms with Gasteiger partial charge in [-0.3, -0.25) is 9.20 Å². The number of nitrogens with one attached hydrogen (secondary N) is 1. The van der Waals surface area contributed by atoms with Gasteiger partial charge in [-0.05, 0) is 43.2 Å². The number of anilines is 1. The average Bonchev–Trinajstić information content (AvgIpc) is 2.91. The molecule has 4 rings (SSSR count). The Balaban J connectivity index is 1.78. The quantitative estimate of drug-likeness (QED) is 0.621. The molecule has 1 fully saturated rings. The smallest absolute Gasteiger partial charge is 0.403 e. The van der Waals surface area contributed by atoms with Gasteiger partial charge in [-0.15, -0.1) is 13.2 Å². The molecule has 0 aliphatic heterocycles. The highest BCUT2D eigenvalue weighted by Crippen LogP contribution is 2.35. The van der Waals surface area contributed by atoms with Crippen molar-refractivity contribution in [1.82, 2.24) is 9.38 Å². The lowest BCUT2D eigenvalue weighted by Gasteiger charge is -2.23. The molecule has 2 aromatic heterocycles. The lowest BCUT2D eigenvalue weighted by atomic mass is 9.85. The van der Waals surface area contributed by atoms with Crippen LogP contribution in [0.2, 0.25) is 0 Å². The zero-order valence-electron chi connectivity index (χ0n) is 14.8. The van der Waals surface area contributed by atoms with Gasteiger partial charge in [0.25, 0.3) is 0 Å². The zero-order chi connectivity index (χ0) is 20.8. The highest BCUT2D eigenvalue weighted by molar-refractivity contribution is 5.96. The molecule has 1 N–H and O–H groups in total. The number of alkyl halides is 3. The van der Waals surface area contributed by atoms with Gasteiger partial charge in [0.2, 0.25) is 5.91 Å². The van der Waals surface area contributed by atoms with Gasteiger partial charge in [0.1, 0.15) is 11.5 Å². The van der Waals surface area contributed by atoms with Crippen molar-refractivity contribution in [3.8, 4) is 17.0 Å². The van der Waals surface area contributed by atoms with Gasteiger partial charge in [-0.1, -0.05) is 6.42 Å². The van der Waals surface area contributed by atoms with E-state index in [9.17, 15) is 26.7 Å². The Morgan fingerprint density at radius 3 is 2.55 bits per heavy atom. The fraction of sp³-hybridized carbons (Fsp3) is 0.263. The van der Waals surface area contributed by atoms with Crippen molar-refractivity contribution >= 4 is 17.4 Å². The summed E-state index contributed by atoms with van der Waals surface area (Å²) < 4.78 is 70.1. The van der Waals surface area contributed by atoms with Crippen LogP contribution in [0.5, 0.6) is 5.75 Å². The first-order valence-electron chi connectivity index (χ1n) is 8.75. The third-order valence-corrected chi connectivity index (χ3v) is 4.73. The first-order valence-corrected chi connectivity index (χ1v) is 8.75. The fourth-order valence-electron chi connectivity index (χ4n) is 3.13. The number of imidazole rings is 1. The number of hydrogen-bond donors (Lipinski definition) is 1. The normalized spacial score (nSPS) is 14.7. The number of hydrogen-bond acceptors (Lipinski definition) is 3. The van der Waals surface area contributed by atoms with E-state index >= 15 is 0 Å². The molecule has 5 nitrogen and oxygen atoms in total. The molecule has 3 aromatic rings. The summed E-state index contributed by atoms with van der Waals surface area (Å²) in [5.41, 5.74) is 0.519. The largest absolute Gasteiger partial charge is 0.573 e. The summed E-state index contributed by atoms with van der Waals surface area (Å²) in [6, 6.07) is 5.35. The number of carbonyl (C=O) groups excluding carboxylic acids is 1. The molecular formula is C19H14F5N3O2. The first kappa shape index (κ1) is 19.2. The maximum atomic E-state index is 14.2. The first-order chi connectivity index (χ1) is 13.7. The number of nitrogens with zero attached hydrogens (tertiary/aromatic N) is 2. The predicted octanol–water partition coefficient (Wildman–Crippen LogP) is 4.92. The van der Waals surface area contributed by atoms with E-state index in [2.05, 4.69) is 15.0 Å². The molecule has 1 saturated carbocycles. The summed E-state index contributed by atoms with van der Waals surface area (Å²) >= 11 is 0. The Labute approximate surface area is 161 Å². The number of benzene rings is 1. The molecule has 1 aliphatic carbocycles. The third-order valence-electron chi connectivity index (χ3n) is 4.73. The van der Waals surface area contributed by atoms with E-state index in [1.54, 1.807) is 0 Å².